The molecule has 0 spiro atoms. The van der Waals surface area contributed by atoms with E-state index >= 15 is 0 Å². The molecule has 0 atom stereocenters. The van der Waals surface area contributed by atoms with Crippen molar-refractivity contribution in [2.75, 3.05) is 12.8 Å². The summed E-state index contributed by atoms with van der Waals surface area (Å²) >= 11 is 0. The molecule has 0 aliphatic rings. The SMILES string of the molecule is COc1ccc(CNC(=O)c2cc(N)c(C)cc2C)cn1. The molecule has 3 N–H and O–H groups in total. The number of hydrogen-bond acceptors (Lipinski definition) is 4. The first kappa shape index (κ1) is 14.8. The average molecular weight is 285 g/mol. The second-order valence-electron chi connectivity index (χ2n) is 4.92. The summed E-state index contributed by atoms with van der Waals surface area (Å²) in [7, 11) is 1.56. The number of nitrogens with two attached hydrogens (primary N) is 1. The first-order valence-electron chi connectivity index (χ1n) is 6.65. The predicted molar refractivity (Wildman–Crippen MR) is 82.3 cm³/mol. The number of ether oxygens (including phenoxy) is 1. The second kappa shape index (κ2) is 6.26. The Hall–Kier alpha value is -2.56. The van der Waals surface area contributed by atoms with Gasteiger partial charge in [0.25, 0.3) is 5.91 Å². The Morgan fingerprint density at radius 1 is 1.29 bits per heavy atom. The number of nitrogens with one attached hydrogen (secondary N) is 1. The number of carbonyl (C=O) groups is 1. The summed E-state index contributed by atoms with van der Waals surface area (Å²) in [6.07, 6.45) is 1.68. The lowest BCUT2D eigenvalue weighted by atomic mass is 10.0. The average Bonchev–Trinajstić information content (AvgIpc) is 2.49. The van der Waals surface area contributed by atoms with Gasteiger partial charge in [0.05, 0.1) is 7.11 Å². The van der Waals surface area contributed by atoms with Gasteiger partial charge in [-0.2, -0.15) is 0 Å². The van der Waals surface area contributed by atoms with Crippen LogP contribution in [0.5, 0.6) is 5.88 Å². The number of benzene rings is 1. The van der Waals surface area contributed by atoms with Crippen LogP contribution in [-0.2, 0) is 6.54 Å². The zero-order valence-corrected chi connectivity index (χ0v) is 12.4. The van der Waals surface area contributed by atoms with E-state index in [0.29, 0.717) is 23.7 Å². The quantitative estimate of drug-likeness (QED) is 0.844. The van der Waals surface area contributed by atoms with Crippen molar-refractivity contribution in [3.05, 3.63) is 52.7 Å². The molecular weight excluding hydrogens is 266 g/mol. The molecule has 0 radical (unpaired) electrons. The van der Waals surface area contributed by atoms with Gasteiger partial charge in [-0.1, -0.05) is 12.1 Å². The highest BCUT2D eigenvalue weighted by atomic mass is 16.5. The molecule has 2 rings (SSSR count). The summed E-state index contributed by atoms with van der Waals surface area (Å²) in [5.41, 5.74) is 9.87. The third-order valence-corrected chi connectivity index (χ3v) is 3.32. The zero-order chi connectivity index (χ0) is 15.4. The summed E-state index contributed by atoms with van der Waals surface area (Å²) < 4.78 is 4.99. The van der Waals surface area contributed by atoms with Gasteiger partial charge in [-0.15, -0.1) is 0 Å². The maximum Gasteiger partial charge on any atom is 0.251 e. The van der Waals surface area contributed by atoms with Crippen LogP contribution in [0.4, 0.5) is 5.69 Å². The van der Waals surface area contributed by atoms with E-state index in [2.05, 4.69) is 10.3 Å². The number of aryl methyl sites for hydroxylation is 2. The first-order valence-corrected chi connectivity index (χ1v) is 6.65. The number of carbonyl (C=O) groups excluding carboxylic acids is 1. The van der Waals surface area contributed by atoms with E-state index in [-0.39, 0.29) is 5.91 Å². The third kappa shape index (κ3) is 3.51. The Bertz CT molecular complexity index is 651. The summed E-state index contributed by atoms with van der Waals surface area (Å²) in [6, 6.07) is 7.25. The lowest BCUT2D eigenvalue weighted by molar-refractivity contribution is 0.0950. The van der Waals surface area contributed by atoms with Crippen molar-refractivity contribution in [3.8, 4) is 5.88 Å². The lowest BCUT2D eigenvalue weighted by Gasteiger charge is -2.10. The molecule has 0 saturated heterocycles. The molecule has 0 aliphatic heterocycles. The Morgan fingerprint density at radius 2 is 2.05 bits per heavy atom. The number of anilines is 1. The van der Waals surface area contributed by atoms with E-state index in [0.717, 1.165) is 16.7 Å². The number of nitrogens with zero attached hydrogens (tertiary/aromatic N) is 1. The highest BCUT2D eigenvalue weighted by Crippen LogP contribution is 2.17. The van der Waals surface area contributed by atoms with Gasteiger partial charge in [0, 0.05) is 30.1 Å². The zero-order valence-electron chi connectivity index (χ0n) is 12.4. The number of methoxy groups -OCH3 is 1. The van der Waals surface area contributed by atoms with Gasteiger partial charge in [-0.25, -0.2) is 4.98 Å². The molecule has 1 aromatic heterocycles. The monoisotopic (exact) mass is 285 g/mol. The van der Waals surface area contributed by atoms with Crippen LogP contribution in [0, 0.1) is 13.8 Å². The maximum atomic E-state index is 12.2. The van der Waals surface area contributed by atoms with E-state index in [1.54, 1.807) is 25.4 Å². The number of aromatic nitrogens is 1. The smallest absolute Gasteiger partial charge is 0.251 e. The number of hydrogen-bond donors (Lipinski definition) is 2. The first-order chi connectivity index (χ1) is 10.0. The minimum Gasteiger partial charge on any atom is -0.481 e. The minimum absolute atomic E-state index is 0.144. The fourth-order valence-electron chi connectivity index (χ4n) is 2.03. The van der Waals surface area contributed by atoms with E-state index in [4.69, 9.17) is 10.5 Å². The number of nitrogen functional groups attached to an aromatic ring is 1. The molecule has 1 heterocycles. The Balaban J connectivity index is 2.06. The molecule has 21 heavy (non-hydrogen) atoms. The normalized spacial score (nSPS) is 10.2. The highest BCUT2D eigenvalue weighted by Gasteiger charge is 2.10. The maximum absolute atomic E-state index is 12.2. The van der Waals surface area contributed by atoms with Crippen molar-refractivity contribution in [1.82, 2.24) is 10.3 Å². The van der Waals surface area contributed by atoms with Gasteiger partial charge in [-0.3, -0.25) is 4.79 Å². The van der Waals surface area contributed by atoms with Crippen LogP contribution in [0.3, 0.4) is 0 Å². The van der Waals surface area contributed by atoms with E-state index in [1.807, 2.05) is 26.0 Å². The number of pyridine rings is 1. The largest absolute Gasteiger partial charge is 0.481 e. The fraction of sp³-hybridized carbons (Fsp3) is 0.250. The highest BCUT2D eigenvalue weighted by molar-refractivity contribution is 5.96. The summed E-state index contributed by atoms with van der Waals surface area (Å²) in [4.78, 5) is 16.3. The van der Waals surface area contributed by atoms with Crippen LogP contribution in [0.2, 0.25) is 0 Å². The molecule has 1 amide bonds. The van der Waals surface area contributed by atoms with Crippen LogP contribution < -0.4 is 15.8 Å². The van der Waals surface area contributed by atoms with Gasteiger partial charge < -0.3 is 15.8 Å². The van der Waals surface area contributed by atoms with Crippen LogP contribution >= 0.6 is 0 Å². The van der Waals surface area contributed by atoms with Crippen LogP contribution in [0.1, 0.15) is 27.0 Å². The molecule has 110 valence electrons. The fourth-order valence-corrected chi connectivity index (χ4v) is 2.03. The minimum atomic E-state index is -0.144. The standard InChI is InChI=1S/C16H19N3O2/c1-10-6-11(2)14(17)7-13(10)16(20)19-9-12-4-5-15(21-3)18-8-12/h4-8H,9,17H2,1-3H3,(H,19,20). The van der Waals surface area contributed by atoms with Crippen LogP contribution in [0.15, 0.2) is 30.5 Å². The Labute approximate surface area is 124 Å². The van der Waals surface area contributed by atoms with Gasteiger partial charge in [-0.05, 0) is 36.6 Å². The van der Waals surface area contributed by atoms with Crippen molar-refractivity contribution in [3.63, 3.8) is 0 Å². The molecule has 5 heteroatoms. The van der Waals surface area contributed by atoms with Crippen molar-refractivity contribution in [2.45, 2.75) is 20.4 Å². The van der Waals surface area contributed by atoms with E-state index in [9.17, 15) is 4.79 Å². The summed E-state index contributed by atoms with van der Waals surface area (Å²) in [5, 5.41) is 2.86. The topological polar surface area (TPSA) is 77.2 Å². The van der Waals surface area contributed by atoms with Crippen LogP contribution in [0.25, 0.3) is 0 Å². The Morgan fingerprint density at radius 3 is 2.67 bits per heavy atom. The van der Waals surface area contributed by atoms with Gasteiger partial charge >= 0.3 is 0 Å². The number of amides is 1. The van der Waals surface area contributed by atoms with Gasteiger partial charge in [0.15, 0.2) is 0 Å². The molecule has 2 aromatic rings. The van der Waals surface area contributed by atoms with Crippen molar-refractivity contribution in [2.24, 2.45) is 0 Å². The third-order valence-electron chi connectivity index (χ3n) is 3.32. The molecule has 5 nitrogen and oxygen atoms in total. The number of rotatable bonds is 4. The van der Waals surface area contributed by atoms with Gasteiger partial charge in [0.2, 0.25) is 5.88 Å². The van der Waals surface area contributed by atoms with Crippen molar-refractivity contribution in [1.29, 1.82) is 0 Å². The molecular formula is C16H19N3O2. The molecule has 0 saturated carbocycles. The molecule has 0 aliphatic carbocycles. The van der Waals surface area contributed by atoms with Crippen molar-refractivity contribution >= 4 is 11.6 Å². The lowest BCUT2D eigenvalue weighted by Crippen LogP contribution is -2.24. The van der Waals surface area contributed by atoms with E-state index in [1.165, 1.54) is 0 Å². The summed E-state index contributed by atoms with van der Waals surface area (Å²) in [6.45, 7) is 4.23. The molecule has 0 bridgehead atoms. The second-order valence-corrected chi connectivity index (χ2v) is 4.92. The predicted octanol–water partition coefficient (Wildman–Crippen LogP) is 2.22. The molecule has 0 unspecified atom stereocenters. The van der Waals surface area contributed by atoms with Gasteiger partial charge in [0.1, 0.15) is 0 Å². The van der Waals surface area contributed by atoms with Crippen molar-refractivity contribution < 1.29 is 9.53 Å². The molecule has 1 aromatic carbocycles. The summed E-state index contributed by atoms with van der Waals surface area (Å²) in [5.74, 6) is 0.405. The molecule has 0 fully saturated rings. The van der Waals surface area contributed by atoms with Crippen LogP contribution in [-0.4, -0.2) is 18.0 Å². The van der Waals surface area contributed by atoms with E-state index < -0.39 is 0 Å². The Kier molecular flexibility index (Phi) is 4.42.